The maximum atomic E-state index is 11.9. The summed E-state index contributed by atoms with van der Waals surface area (Å²) in [5.41, 5.74) is 0.671. The molecule has 0 saturated heterocycles. The molecule has 0 unspecified atom stereocenters. The molecule has 0 aromatic heterocycles. The molecule has 0 bridgehead atoms. The first-order chi connectivity index (χ1) is 10.0. The topological polar surface area (TPSA) is 81.8 Å². The predicted octanol–water partition coefficient (Wildman–Crippen LogP) is 3.33. The second kappa shape index (κ2) is 6.77. The van der Waals surface area contributed by atoms with Crippen molar-refractivity contribution in [3.63, 3.8) is 0 Å². The SMILES string of the molecule is CCSC1=N/C(=C/c2cc([N+](=O)[O-])ccc2OC)C(=O)S1. The highest BCUT2D eigenvalue weighted by Crippen LogP contribution is 2.33. The largest absolute Gasteiger partial charge is 0.496 e. The van der Waals surface area contributed by atoms with Crippen molar-refractivity contribution in [2.75, 3.05) is 12.9 Å². The van der Waals surface area contributed by atoms with E-state index in [1.54, 1.807) is 0 Å². The van der Waals surface area contributed by atoms with Crippen LogP contribution in [0, 0.1) is 10.1 Å². The Labute approximate surface area is 129 Å². The molecule has 8 heteroatoms. The van der Waals surface area contributed by atoms with Crippen molar-refractivity contribution in [1.82, 2.24) is 0 Å². The minimum Gasteiger partial charge on any atom is -0.496 e. The third kappa shape index (κ3) is 3.64. The minimum absolute atomic E-state index is 0.0621. The Morgan fingerprint density at radius 2 is 2.29 bits per heavy atom. The van der Waals surface area contributed by atoms with Gasteiger partial charge in [0.05, 0.1) is 12.0 Å². The summed E-state index contributed by atoms with van der Waals surface area (Å²) in [6, 6.07) is 4.22. The van der Waals surface area contributed by atoms with Crippen LogP contribution in [-0.2, 0) is 4.79 Å². The number of carbonyl (C=O) groups is 1. The van der Waals surface area contributed by atoms with Gasteiger partial charge in [-0.2, -0.15) is 0 Å². The monoisotopic (exact) mass is 324 g/mol. The van der Waals surface area contributed by atoms with Gasteiger partial charge in [-0.25, -0.2) is 4.99 Å². The summed E-state index contributed by atoms with van der Waals surface area (Å²) in [4.78, 5) is 26.4. The number of methoxy groups -OCH3 is 1. The number of hydrogen-bond donors (Lipinski definition) is 0. The molecule has 1 aliphatic heterocycles. The summed E-state index contributed by atoms with van der Waals surface area (Å²) in [5, 5.41) is 10.7. The third-order valence-corrected chi connectivity index (χ3v) is 4.48. The molecular formula is C13H12N2O4S2. The number of nitrogens with zero attached hydrogens (tertiary/aromatic N) is 2. The fourth-order valence-electron chi connectivity index (χ4n) is 1.67. The van der Waals surface area contributed by atoms with E-state index in [1.807, 2.05) is 6.92 Å². The predicted molar refractivity (Wildman–Crippen MR) is 85.8 cm³/mol. The molecule has 0 saturated carbocycles. The Hall–Kier alpha value is -1.80. The van der Waals surface area contributed by atoms with E-state index in [0.717, 1.165) is 17.5 Å². The summed E-state index contributed by atoms with van der Waals surface area (Å²) < 4.78 is 5.85. The number of thioether (sulfide) groups is 2. The van der Waals surface area contributed by atoms with E-state index in [1.165, 1.54) is 43.1 Å². The molecule has 6 nitrogen and oxygen atoms in total. The van der Waals surface area contributed by atoms with Gasteiger partial charge in [-0.15, -0.1) is 0 Å². The number of hydrogen-bond acceptors (Lipinski definition) is 7. The van der Waals surface area contributed by atoms with E-state index >= 15 is 0 Å². The number of rotatable bonds is 4. The molecule has 0 amide bonds. The highest BCUT2D eigenvalue weighted by Gasteiger charge is 2.23. The van der Waals surface area contributed by atoms with Crippen molar-refractivity contribution in [2.45, 2.75) is 6.92 Å². The number of ether oxygens (including phenoxy) is 1. The van der Waals surface area contributed by atoms with Crippen molar-refractivity contribution in [3.05, 3.63) is 39.6 Å². The zero-order valence-corrected chi connectivity index (χ0v) is 13.0. The third-order valence-electron chi connectivity index (χ3n) is 2.59. The number of carbonyl (C=O) groups excluding carboxylic acids is 1. The minimum atomic E-state index is -0.492. The molecule has 0 N–H and O–H groups in total. The Morgan fingerprint density at radius 1 is 1.52 bits per heavy atom. The van der Waals surface area contributed by atoms with Crippen LogP contribution in [0.25, 0.3) is 6.08 Å². The number of aliphatic imine (C=N–C) groups is 1. The molecule has 0 radical (unpaired) electrons. The molecule has 1 heterocycles. The van der Waals surface area contributed by atoms with Gasteiger partial charge in [0.25, 0.3) is 5.69 Å². The molecule has 0 spiro atoms. The number of nitro groups is 1. The highest BCUT2D eigenvalue weighted by molar-refractivity contribution is 8.45. The molecule has 2 rings (SSSR count). The van der Waals surface area contributed by atoms with Crippen molar-refractivity contribution < 1.29 is 14.5 Å². The molecular weight excluding hydrogens is 312 g/mol. The van der Waals surface area contributed by atoms with Crippen molar-refractivity contribution >= 4 is 44.8 Å². The lowest BCUT2D eigenvalue weighted by molar-refractivity contribution is -0.384. The lowest BCUT2D eigenvalue weighted by Gasteiger charge is -2.04. The Kier molecular flexibility index (Phi) is 5.03. The number of nitro benzene ring substituents is 1. The van der Waals surface area contributed by atoms with Crippen LogP contribution in [-0.4, -0.2) is 27.3 Å². The van der Waals surface area contributed by atoms with E-state index in [-0.39, 0.29) is 16.5 Å². The van der Waals surface area contributed by atoms with Crippen LogP contribution in [0.1, 0.15) is 12.5 Å². The molecule has 110 valence electrons. The molecule has 1 aliphatic rings. The van der Waals surface area contributed by atoms with Gasteiger partial charge in [0.15, 0.2) is 0 Å². The zero-order chi connectivity index (χ0) is 15.4. The smallest absolute Gasteiger partial charge is 0.270 e. The van der Waals surface area contributed by atoms with Gasteiger partial charge in [-0.05, 0) is 29.7 Å². The summed E-state index contributed by atoms with van der Waals surface area (Å²) in [6.45, 7) is 1.98. The molecule has 21 heavy (non-hydrogen) atoms. The van der Waals surface area contributed by atoms with Crippen molar-refractivity contribution in [3.8, 4) is 5.75 Å². The van der Waals surface area contributed by atoms with Crippen LogP contribution in [0.2, 0.25) is 0 Å². The van der Waals surface area contributed by atoms with Crippen LogP contribution in [0.3, 0.4) is 0 Å². The van der Waals surface area contributed by atoms with Gasteiger partial charge in [-0.3, -0.25) is 14.9 Å². The highest BCUT2D eigenvalue weighted by atomic mass is 32.2. The molecule has 1 aromatic rings. The Morgan fingerprint density at radius 3 is 2.90 bits per heavy atom. The van der Waals surface area contributed by atoms with Crippen LogP contribution in [0.4, 0.5) is 5.69 Å². The Balaban J connectivity index is 2.41. The van der Waals surface area contributed by atoms with Gasteiger partial charge in [0, 0.05) is 17.7 Å². The maximum Gasteiger partial charge on any atom is 0.270 e. The average molecular weight is 324 g/mol. The summed E-state index contributed by atoms with van der Waals surface area (Å²) in [5.74, 6) is 1.28. The molecule has 0 fully saturated rings. The van der Waals surface area contributed by atoms with Gasteiger partial charge >= 0.3 is 0 Å². The van der Waals surface area contributed by atoms with Crippen LogP contribution in [0.5, 0.6) is 5.75 Å². The lowest BCUT2D eigenvalue weighted by Crippen LogP contribution is -1.94. The fourth-order valence-corrected chi connectivity index (χ4v) is 3.41. The van der Waals surface area contributed by atoms with Crippen molar-refractivity contribution in [1.29, 1.82) is 0 Å². The van der Waals surface area contributed by atoms with E-state index in [2.05, 4.69) is 4.99 Å². The molecule has 1 aromatic carbocycles. The quantitative estimate of drug-likeness (QED) is 0.480. The van der Waals surface area contributed by atoms with Gasteiger partial charge < -0.3 is 4.74 Å². The van der Waals surface area contributed by atoms with Crippen LogP contribution >= 0.6 is 23.5 Å². The molecule has 0 aliphatic carbocycles. The summed E-state index contributed by atoms with van der Waals surface area (Å²) >= 11 is 2.56. The number of non-ortho nitro benzene ring substituents is 1. The lowest BCUT2D eigenvalue weighted by atomic mass is 10.1. The van der Waals surface area contributed by atoms with E-state index in [9.17, 15) is 14.9 Å². The van der Waals surface area contributed by atoms with Crippen LogP contribution < -0.4 is 4.74 Å². The standard InChI is InChI=1S/C13H12N2O4S2/c1-3-20-13-14-10(12(16)21-13)7-8-6-9(15(17)18)4-5-11(8)19-2/h4-7H,3H2,1-2H3/b10-7+. The fraction of sp³-hybridized carbons (Fsp3) is 0.231. The zero-order valence-electron chi connectivity index (χ0n) is 11.4. The van der Waals surface area contributed by atoms with Crippen molar-refractivity contribution in [2.24, 2.45) is 4.99 Å². The first-order valence-corrected chi connectivity index (χ1v) is 7.83. The second-order valence-corrected chi connectivity index (χ2v) is 6.39. The second-order valence-electron chi connectivity index (χ2n) is 3.91. The Bertz CT molecular complexity index is 656. The summed E-state index contributed by atoms with van der Waals surface area (Å²) in [6.07, 6.45) is 1.52. The van der Waals surface area contributed by atoms with E-state index in [4.69, 9.17) is 4.74 Å². The van der Waals surface area contributed by atoms with Gasteiger partial charge in [0.1, 0.15) is 15.8 Å². The van der Waals surface area contributed by atoms with Crippen LogP contribution in [0.15, 0.2) is 28.9 Å². The van der Waals surface area contributed by atoms with E-state index < -0.39 is 4.92 Å². The molecule has 0 atom stereocenters. The van der Waals surface area contributed by atoms with E-state index in [0.29, 0.717) is 15.7 Å². The summed E-state index contributed by atoms with van der Waals surface area (Å²) in [7, 11) is 1.47. The van der Waals surface area contributed by atoms with Gasteiger partial charge in [0.2, 0.25) is 5.12 Å². The maximum absolute atomic E-state index is 11.9. The average Bonchev–Trinajstić information content (AvgIpc) is 2.79. The van der Waals surface area contributed by atoms with Gasteiger partial charge in [-0.1, -0.05) is 18.7 Å². The first kappa shape index (κ1) is 15.6. The normalized spacial score (nSPS) is 16.2. The first-order valence-electron chi connectivity index (χ1n) is 6.03. The number of benzene rings is 1.